The Hall–Kier alpha value is -2.59. The SMILES string of the molecule is O=C1C[C@@H](c2ccccc2)Sc2ccccc2N1Cc1cccc(F)c1. The monoisotopic (exact) mass is 363 g/mol. The molecule has 2 nitrogen and oxygen atoms in total. The smallest absolute Gasteiger partial charge is 0.228 e. The van der Waals surface area contributed by atoms with E-state index in [-0.39, 0.29) is 17.0 Å². The number of halogens is 1. The summed E-state index contributed by atoms with van der Waals surface area (Å²) in [6, 6.07) is 24.5. The van der Waals surface area contributed by atoms with Crippen molar-refractivity contribution in [3.63, 3.8) is 0 Å². The maximum absolute atomic E-state index is 13.6. The molecule has 0 saturated carbocycles. The minimum Gasteiger partial charge on any atom is -0.307 e. The van der Waals surface area contributed by atoms with Crippen LogP contribution in [0.25, 0.3) is 0 Å². The maximum Gasteiger partial charge on any atom is 0.228 e. The van der Waals surface area contributed by atoms with Crippen LogP contribution in [0.1, 0.15) is 22.8 Å². The minimum atomic E-state index is -0.283. The van der Waals surface area contributed by atoms with Crippen LogP contribution in [0, 0.1) is 5.82 Å². The van der Waals surface area contributed by atoms with Gasteiger partial charge < -0.3 is 4.90 Å². The number of thioether (sulfide) groups is 1. The Morgan fingerprint density at radius 1 is 0.962 bits per heavy atom. The van der Waals surface area contributed by atoms with E-state index in [1.165, 1.54) is 12.1 Å². The fraction of sp³-hybridized carbons (Fsp3) is 0.136. The number of amides is 1. The topological polar surface area (TPSA) is 20.3 Å². The van der Waals surface area contributed by atoms with Crippen molar-refractivity contribution in [3.05, 3.63) is 95.8 Å². The largest absolute Gasteiger partial charge is 0.307 e. The number of carbonyl (C=O) groups is 1. The Balaban J connectivity index is 1.70. The van der Waals surface area contributed by atoms with Crippen molar-refractivity contribution in [1.82, 2.24) is 0 Å². The second-order valence-electron chi connectivity index (χ2n) is 6.30. The summed E-state index contributed by atoms with van der Waals surface area (Å²) in [5.74, 6) is -0.227. The number of fused-ring (bicyclic) bond motifs is 1. The first kappa shape index (κ1) is 16.9. The zero-order valence-electron chi connectivity index (χ0n) is 14.1. The Bertz CT molecular complexity index is 928. The van der Waals surface area contributed by atoms with Crippen LogP contribution in [0.2, 0.25) is 0 Å². The summed E-state index contributed by atoms with van der Waals surface area (Å²) in [7, 11) is 0. The van der Waals surface area contributed by atoms with Gasteiger partial charge in [0.15, 0.2) is 0 Å². The molecule has 4 heteroatoms. The second kappa shape index (κ2) is 7.34. The van der Waals surface area contributed by atoms with Crippen LogP contribution in [-0.2, 0) is 11.3 Å². The van der Waals surface area contributed by atoms with Crippen LogP contribution in [0.5, 0.6) is 0 Å². The fourth-order valence-corrected chi connectivity index (χ4v) is 4.50. The number of carbonyl (C=O) groups excluding carboxylic acids is 1. The van der Waals surface area contributed by atoms with Crippen molar-refractivity contribution >= 4 is 23.4 Å². The summed E-state index contributed by atoms with van der Waals surface area (Å²) >= 11 is 1.72. The Morgan fingerprint density at radius 2 is 1.73 bits per heavy atom. The average molecular weight is 363 g/mol. The molecule has 1 amide bonds. The first-order chi connectivity index (χ1) is 12.7. The van der Waals surface area contributed by atoms with Crippen LogP contribution in [0.3, 0.4) is 0 Å². The molecule has 1 heterocycles. The summed E-state index contributed by atoms with van der Waals surface area (Å²) < 4.78 is 13.6. The third kappa shape index (κ3) is 3.51. The van der Waals surface area contributed by atoms with Crippen molar-refractivity contribution < 1.29 is 9.18 Å². The molecule has 3 aromatic carbocycles. The molecular formula is C22H18FNOS. The zero-order chi connectivity index (χ0) is 17.9. The van der Waals surface area contributed by atoms with E-state index in [9.17, 15) is 9.18 Å². The van der Waals surface area contributed by atoms with Gasteiger partial charge in [-0.2, -0.15) is 0 Å². The number of hydrogen-bond donors (Lipinski definition) is 0. The quantitative estimate of drug-likeness (QED) is 0.604. The van der Waals surface area contributed by atoms with E-state index in [4.69, 9.17) is 0 Å². The van der Waals surface area contributed by atoms with Gasteiger partial charge in [0.25, 0.3) is 0 Å². The lowest BCUT2D eigenvalue weighted by atomic mass is 10.1. The molecule has 26 heavy (non-hydrogen) atoms. The fourth-order valence-electron chi connectivity index (χ4n) is 3.22. The van der Waals surface area contributed by atoms with Crippen LogP contribution in [0.15, 0.2) is 83.8 Å². The lowest BCUT2D eigenvalue weighted by molar-refractivity contribution is -0.118. The van der Waals surface area contributed by atoms with Crippen LogP contribution >= 0.6 is 11.8 Å². The van der Waals surface area contributed by atoms with Crippen LogP contribution in [-0.4, -0.2) is 5.91 Å². The molecule has 0 aliphatic carbocycles. The summed E-state index contributed by atoms with van der Waals surface area (Å²) in [6.07, 6.45) is 0.415. The number of hydrogen-bond acceptors (Lipinski definition) is 2. The molecule has 130 valence electrons. The number of benzene rings is 3. The van der Waals surface area contributed by atoms with Gasteiger partial charge >= 0.3 is 0 Å². The lowest BCUT2D eigenvalue weighted by Gasteiger charge is -2.22. The van der Waals surface area contributed by atoms with Gasteiger partial charge in [0.05, 0.1) is 12.2 Å². The van der Waals surface area contributed by atoms with Crippen molar-refractivity contribution in [2.75, 3.05) is 4.90 Å². The van der Waals surface area contributed by atoms with Gasteiger partial charge in [0, 0.05) is 16.6 Å². The molecule has 3 aromatic rings. The third-order valence-corrected chi connectivity index (χ3v) is 5.81. The highest BCUT2D eigenvalue weighted by molar-refractivity contribution is 7.99. The van der Waals surface area contributed by atoms with Crippen molar-refractivity contribution in [2.24, 2.45) is 0 Å². The Morgan fingerprint density at radius 3 is 2.54 bits per heavy atom. The van der Waals surface area contributed by atoms with E-state index in [0.717, 1.165) is 21.7 Å². The van der Waals surface area contributed by atoms with E-state index in [2.05, 4.69) is 12.1 Å². The van der Waals surface area contributed by atoms with Crippen molar-refractivity contribution in [1.29, 1.82) is 0 Å². The van der Waals surface area contributed by atoms with Gasteiger partial charge in [0.2, 0.25) is 5.91 Å². The molecular weight excluding hydrogens is 345 g/mol. The van der Waals surface area contributed by atoms with Gasteiger partial charge in [0.1, 0.15) is 5.82 Å². The Kier molecular flexibility index (Phi) is 4.76. The molecule has 0 bridgehead atoms. The van der Waals surface area contributed by atoms with Crippen LogP contribution in [0.4, 0.5) is 10.1 Å². The third-order valence-electron chi connectivity index (χ3n) is 4.49. The zero-order valence-corrected chi connectivity index (χ0v) is 15.0. The molecule has 0 unspecified atom stereocenters. The van der Waals surface area contributed by atoms with Crippen LogP contribution < -0.4 is 4.90 Å². The average Bonchev–Trinajstić information content (AvgIpc) is 2.80. The van der Waals surface area contributed by atoms with Crippen molar-refractivity contribution in [3.8, 4) is 0 Å². The van der Waals surface area contributed by atoms with E-state index in [1.54, 1.807) is 22.7 Å². The first-order valence-electron chi connectivity index (χ1n) is 8.56. The molecule has 1 aliphatic rings. The molecule has 0 radical (unpaired) electrons. The molecule has 1 aliphatic heterocycles. The van der Waals surface area contributed by atoms with Gasteiger partial charge in [-0.25, -0.2) is 4.39 Å². The van der Waals surface area contributed by atoms with Crippen molar-refractivity contribution in [2.45, 2.75) is 23.1 Å². The summed E-state index contributed by atoms with van der Waals surface area (Å²) in [5.41, 5.74) is 2.83. The highest BCUT2D eigenvalue weighted by Gasteiger charge is 2.29. The lowest BCUT2D eigenvalue weighted by Crippen LogP contribution is -2.30. The second-order valence-corrected chi connectivity index (χ2v) is 7.54. The number of nitrogens with zero attached hydrogens (tertiary/aromatic N) is 1. The molecule has 1 atom stereocenters. The van der Waals surface area contributed by atoms with E-state index in [0.29, 0.717) is 13.0 Å². The van der Waals surface area contributed by atoms with E-state index >= 15 is 0 Å². The van der Waals surface area contributed by atoms with E-state index in [1.807, 2.05) is 48.5 Å². The molecule has 0 saturated heterocycles. The van der Waals surface area contributed by atoms with Gasteiger partial charge in [-0.05, 0) is 35.4 Å². The highest BCUT2D eigenvalue weighted by atomic mass is 32.2. The number of rotatable bonds is 3. The molecule has 4 rings (SSSR count). The minimum absolute atomic E-state index is 0.0561. The standard InChI is InChI=1S/C22H18FNOS/c23-18-10-6-7-16(13-18)15-24-19-11-4-5-12-20(19)26-21(14-22(24)25)17-8-2-1-3-9-17/h1-13,21H,14-15H2/t21-/m0/s1. The predicted molar refractivity (Wildman–Crippen MR) is 104 cm³/mol. The summed E-state index contributed by atoms with van der Waals surface area (Å²) in [5, 5.41) is 0.0716. The van der Waals surface area contributed by atoms with Gasteiger partial charge in [-0.1, -0.05) is 54.6 Å². The molecule has 0 N–H and O–H groups in total. The summed E-state index contributed by atoms with van der Waals surface area (Å²) in [4.78, 5) is 15.9. The molecule has 0 spiro atoms. The van der Waals surface area contributed by atoms with Gasteiger partial charge in [-0.15, -0.1) is 11.8 Å². The summed E-state index contributed by atoms with van der Waals surface area (Å²) in [6.45, 7) is 0.371. The number of anilines is 1. The normalized spacial score (nSPS) is 16.9. The molecule has 0 fully saturated rings. The van der Waals surface area contributed by atoms with Gasteiger partial charge in [-0.3, -0.25) is 4.79 Å². The van der Waals surface area contributed by atoms with E-state index < -0.39 is 0 Å². The maximum atomic E-state index is 13.6. The number of para-hydroxylation sites is 1. The first-order valence-corrected chi connectivity index (χ1v) is 9.44. The molecule has 0 aromatic heterocycles. The predicted octanol–water partition coefficient (Wildman–Crippen LogP) is 5.60. The highest BCUT2D eigenvalue weighted by Crippen LogP contribution is 2.45. The Labute approximate surface area is 156 Å².